The third-order valence-electron chi connectivity index (χ3n) is 3.32. The van der Waals surface area contributed by atoms with E-state index in [9.17, 15) is 0 Å². The first-order valence-corrected chi connectivity index (χ1v) is 8.16. The number of hydrogen-bond acceptors (Lipinski definition) is 3. The predicted molar refractivity (Wildman–Crippen MR) is 60.9 cm³/mol. The predicted octanol–water partition coefficient (Wildman–Crippen LogP) is 1.73. The van der Waals surface area contributed by atoms with E-state index in [-0.39, 0.29) is 17.2 Å². The van der Waals surface area contributed by atoms with E-state index < -0.39 is 8.32 Å². The van der Waals surface area contributed by atoms with E-state index in [1.165, 1.54) is 0 Å². The van der Waals surface area contributed by atoms with Gasteiger partial charge in [0.2, 0.25) is 0 Å². The highest BCUT2D eigenvalue weighted by molar-refractivity contribution is 6.74. The molecule has 0 aromatic carbocycles. The third kappa shape index (κ3) is 2.57. The van der Waals surface area contributed by atoms with Gasteiger partial charge < -0.3 is 14.9 Å². The van der Waals surface area contributed by atoms with E-state index in [0.717, 1.165) is 0 Å². The lowest BCUT2D eigenvalue weighted by Crippen LogP contribution is -2.48. The van der Waals surface area contributed by atoms with Gasteiger partial charge in [-0.25, -0.2) is 0 Å². The Labute approximate surface area is 88.1 Å². The summed E-state index contributed by atoms with van der Waals surface area (Å²) in [6.45, 7) is 12.5. The molecule has 0 unspecified atom stereocenters. The van der Waals surface area contributed by atoms with E-state index in [4.69, 9.17) is 14.9 Å². The van der Waals surface area contributed by atoms with Gasteiger partial charge in [0.05, 0.1) is 25.4 Å². The largest absolute Gasteiger partial charge is 0.410 e. The summed E-state index contributed by atoms with van der Waals surface area (Å²) < 4.78 is 11.5. The first-order chi connectivity index (χ1) is 6.24. The van der Waals surface area contributed by atoms with E-state index in [1.54, 1.807) is 0 Å². The molecule has 0 spiro atoms. The quantitative estimate of drug-likeness (QED) is 0.717. The van der Waals surface area contributed by atoms with Gasteiger partial charge in [0.15, 0.2) is 8.32 Å². The van der Waals surface area contributed by atoms with Crippen molar-refractivity contribution in [3.8, 4) is 0 Å². The van der Waals surface area contributed by atoms with Gasteiger partial charge in [0.1, 0.15) is 0 Å². The van der Waals surface area contributed by atoms with Gasteiger partial charge in [-0.2, -0.15) is 0 Å². The third-order valence-corrected chi connectivity index (χ3v) is 7.83. The van der Waals surface area contributed by atoms with Crippen molar-refractivity contribution in [1.82, 2.24) is 0 Å². The minimum absolute atomic E-state index is 0.0594. The summed E-state index contributed by atoms with van der Waals surface area (Å²) in [4.78, 5) is 0. The van der Waals surface area contributed by atoms with Crippen molar-refractivity contribution in [2.75, 3.05) is 13.2 Å². The number of hydrogen-bond donors (Lipinski definition) is 1. The molecule has 2 N–H and O–H groups in total. The zero-order chi connectivity index (χ0) is 11.0. The molecular formula is C10H23NO2Si. The van der Waals surface area contributed by atoms with Crippen LogP contribution in [0.3, 0.4) is 0 Å². The van der Waals surface area contributed by atoms with Gasteiger partial charge in [-0.05, 0) is 18.1 Å². The molecule has 14 heavy (non-hydrogen) atoms. The summed E-state index contributed by atoms with van der Waals surface area (Å²) in [5, 5.41) is 0.245. The molecule has 1 aliphatic heterocycles. The van der Waals surface area contributed by atoms with E-state index in [2.05, 4.69) is 33.9 Å². The maximum atomic E-state index is 6.16. The maximum absolute atomic E-state index is 6.16. The molecule has 0 saturated carbocycles. The van der Waals surface area contributed by atoms with Crippen LogP contribution in [0, 0.1) is 0 Å². The average molecular weight is 217 g/mol. The van der Waals surface area contributed by atoms with Gasteiger partial charge in [-0.15, -0.1) is 0 Å². The van der Waals surface area contributed by atoms with Crippen LogP contribution in [0.2, 0.25) is 18.1 Å². The monoisotopic (exact) mass is 217 g/mol. The molecule has 0 aromatic heterocycles. The molecule has 0 bridgehead atoms. The van der Waals surface area contributed by atoms with Gasteiger partial charge in [0, 0.05) is 0 Å². The van der Waals surface area contributed by atoms with Crippen molar-refractivity contribution in [2.24, 2.45) is 5.73 Å². The molecular weight excluding hydrogens is 194 g/mol. The van der Waals surface area contributed by atoms with E-state index in [0.29, 0.717) is 13.2 Å². The van der Waals surface area contributed by atoms with Crippen LogP contribution >= 0.6 is 0 Å². The van der Waals surface area contributed by atoms with Crippen LogP contribution in [-0.2, 0) is 9.16 Å². The van der Waals surface area contributed by atoms with Crippen LogP contribution in [-0.4, -0.2) is 33.7 Å². The highest BCUT2D eigenvalue weighted by atomic mass is 28.4. The van der Waals surface area contributed by atoms with Crippen molar-refractivity contribution in [1.29, 1.82) is 0 Å². The summed E-state index contributed by atoms with van der Waals surface area (Å²) in [7, 11) is -1.67. The molecule has 3 nitrogen and oxygen atoms in total. The van der Waals surface area contributed by atoms with E-state index >= 15 is 0 Å². The molecule has 0 aliphatic carbocycles. The Morgan fingerprint density at radius 2 is 1.86 bits per heavy atom. The lowest BCUT2D eigenvalue weighted by atomic mass is 10.2. The second-order valence-electron chi connectivity index (χ2n) is 5.62. The van der Waals surface area contributed by atoms with Crippen molar-refractivity contribution >= 4 is 8.32 Å². The minimum Gasteiger partial charge on any atom is -0.410 e. The molecule has 0 radical (unpaired) electrons. The smallest absolute Gasteiger partial charge is 0.192 e. The summed E-state index contributed by atoms with van der Waals surface area (Å²) in [5.74, 6) is 0. The zero-order valence-corrected chi connectivity index (χ0v) is 11.0. The summed E-state index contributed by atoms with van der Waals surface area (Å²) in [6.07, 6.45) is 0.107. The lowest BCUT2D eigenvalue weighted by Gasteiger charge is -2.38. The van der Waals surface area contributed by atoms with Crippen LogP contribution in [0.5, 0.6) is 0 Å². The average Bonchev–Trinajstić information content (AvgIpc) is 2.33. The molecule has 4 heteroatoms. The molecule has 0 amide bonds. The highest BCUT2D eigenvalue weighted by Crippen LogP contribution is 2.37. The van der Waals surface area contributed by atoms with Crippen LogP contribution in [0.25, 0.3) is 0 Å². The number of nitrogens with two attached hydrogens (primary N) is 1. The first kappa shape index (κ1) is 12.2. The van der Waals surface area contributed by atoms with Crippen LogP contribution in [0.15, 0.2) is 0 Å². The fourth-order valence-electron chi connectivity index (χ4n) is 1.23. The SMILES string of the molecule is CC(C)(C)[Si](C)(C)O[C@@H]1COC[C@@H]1N. The molecule has 1 heterocycles. The Bertz CT molecular complexity index is 201. The Kier molecular flexibility index (Phi) is 3.41. The standard InChI is InChI=1S/C10H23NO2Si/c1-10(2,3)14(4,5)13-9-7-12-6-8(9)11/h8-9H,6-7,11H2,1-5H3/t8-,9+/m0/s1. The van der Waals surface area contributed by atoms with Crippen molar-refractivity contribution in [3.05, 3.63) is 0 Å². The normalized spacial score (nSPS) is 29.6. The topological polar surface area (TPSA) is 44.5 Å². The summed E-state index contributed by atoms with van der Waals surface area (Å²) >= 11 is 0. The first-order valence-electron chi connectivity index (χ1n) is 5.25. The minimum atomic E-state index is -1.67. The lowest BCUT2D eigenvalue weighted by molar-refractivity contribution is 0.130. The summed E-state index contributed by atoms with van der Waals surface area (Å²) in [5.41, 5.74) is 5.90. The van der Waals surface area contributed by atoms with Gasteiger partial charge in [-0.3, -0.25) is 0 Å². The zero-order valence-electron chi connectivity index (χ0n) is 9.96. The number of ether oxygens (including phenoxy) is 1. The van der Waals surface area contributed by atoms with Gasteiger partial charge in [0.25, 0.3) is 0 Å². The van der Waals surface area contributed by atoms with Crippen molar-refractivity contribution < 1.29 is 9.16 Å². The molecule has 1 aliphatic rings. The Morgan fingerprint density at radius 3 is 2.21 bits per heavy atom. The Balaban J connectivity index is 2.58. The molecule has 0 aromatic rings. The molecule has 84 valence electrons. The fourth-order valence-corrected chi connectivity index (χ4v) is 2.58. The molecule has 1 saturated heterocycles. The summed E-state index contributed by atoms with van der Waals surface area (Å²) in [6, 6.07) is 0.0594. The van der Waals surface area contributed by atoms with Gasteiger partial charge in [-0.1, -0.05) is 20.8 Å². The van der Waals surface area contributed by atoms with Gasteiger partial charge >= 0.3 is 0 Å². The van der Waals surface area contributed by atoms with Crippen LogP contribution < -0.4 is 5.73 Å². The highest BCUT2D eigenvalue weighted by Gasteiger charge is 2.41. The molecule has 2 atom stereocenters. The molecule has 1 rings (SSSR count). The second kappa shape index (κ2) is 3.93. The van der Waals surface area contributed by atoms with Crippen molar-refractivity contribution in [2.45, 2.75) is 51.0 Å². The van der Waals surface area contributed by atoms with E-state index in [1.807, 2.05) is 0 Å². The Morgan fingerprint density at radius 1 is 1.29 bits per heavy atom. The number of rotatable bonds is 2. The maximum Gasteiger partial charge on any atom is 0.192 e. The second-order valence-corrected chi connectivity index (χ2v) is 10.4. The van der Waals surface area contributed by atoms with Crippen molar-refractivity contribution in [3.63, 3.8) is 0 Å². The van der Waals surface area contributed by atoms with Crippen LogP contribution in [0.1, 0.15) is 20.8 Å². The Hall–Kier alpha value is 0.0969. The fraction of sp³-hybridized carbons (Fsp3) is 1.00. The molecule has 1 fully saturated rings. The van der Waals surface area contributed by atoms with Crippen LogP contribution in [0.4, 0.5) is 0 Å².